The maximum Gasteiger partial charge on any atom is 0.213 e. The molecular weight excluding hydrogens is 552 g/mol. The Morgan fingerprint density at radius 3 is 2.44 bits per heavy atom. The molecule has 3 aromatic rings. The SMILES string of the molecule is C=CCOc1ccc(C2=NN3[C@@H](c4ccc(OCCCCCCCC)cc4)Oc4ccc(Br)cc4[C@@H]3C2)cc1. The molecule has 2 aliphatic heterocycles. The van der Waals surface area contributed by atoms with E-state index in [4.69, 9.17) is 19.3 Å². The van der Waals surface area contributed by atoms with Crippen molar-refractivity contribution in [3.63, 3.8) is 0 Å². The zero-order chi connectivity index (χ0) is 27.0. The van der Waals surface area contributed by atoms with Crippen LogP contribution in [0.5, 0.6) is 17.2 Å². The second-order valence-corrected chi connectivity index (χ2v) is 11.0. The maximum absolute atomic E-state index is 6.55. The Morgan fingerprint density at radius 1 is 0.949 bits per heavy atom. The number of unbranched alkanes of at least 4 members (excludes halogenated alkanes) is 5. The number of hydrogen-bond acceptors (Lipinski definition) is 5. The van der Waals surface area contributed by atoms with Gasteiger partial charge < -0.3 is 14.2 Å². The number of fused-ring (bicyclic) bond motifs is 3. The molecule has 0 radical (unpaired) electrons. The summed E-state index contributed by atoms with van der Waals surface area (Å²) in [5.74, 6) is 2.62. The lowest BCUT2D eigenvalue weighted by atomic mass is 9.96. The standard InChI is InChI=1S/C33H37BrN2O3/c1-3-5-6-7-8-9-21-38-28-17-12-25(13-18-28)33-36-31(29-22-26(34)14-19-32(29)39-33)23-30(35-36)24-10-15-27(16-11-24)37-20-4-2/h4,10-19,22,31,33H,2-3,5-9,20-21,23H2,1H3/t31-,33+/m0/s1. The highest BCUT2D eigenvalue weighted by molar-refractivity contribution is 9.10. The summed E-state index contributed by atoms with van der Waals surface area (Å²) < 4.78 is 19.3. The Kier molecular flexibility index (Phi) is 9.25. The Balaban J connectivity index is 1.31. The van der Waals surface area contributed by atoms with Crippen LogP contribution < -0.4 is 14.2 Å². The minimum Gasteiger partial charge on any atom is -0.494 e. The van der Waals surface area contributed by atoms with Gasteiger partial charge in [0.25, 0.3) is 0 Å². The molecule has 0 unspecified atom stereocenters. The van der Waals surface area contributed by atoms with E-state index in [0.29, 0.717) is 6.61 Å². The predicted molar refractivity (Wildman–Crippen MR) is 161 cm³/mol. The molecule has 6 heteroatoms. The molecule has 0 saturated heterocycles. The van der Waals surface area contributed by atoms with Gasteiger partial charge in [-0.15, -0.1) is 0 Å². The van der Waals surface area contributed by atoms with Crippen molar-refractivity contribution < 1.29 is 14.2 Å². The number of ether oxygens (including phenoxy) is 3. The highest BCUT2D eigenvalue weighted by Crippen LogP contribution is 2.48. The average Bonchev–Trinajstić information content (AvgIpc) is 3.42. The highest BCUT2D eigenvalue weighted by atomic mass is 79.9. The molecular formula is C33H37BrN2O3. The van der Waals surface area contributed by atoms with Crippen molar-refractivity contribution in [2.45, 2.75) is 64.1 Å². The fourth-order valence-corrected chi connectivity index (χ4v) is 5.53. The number of benzene rings is 3. The molecule has 0 aromatic heterocycles. The highest BCUT2D eigenvalue weighted by Gasteiger charge is 2.41. The summed E-state index contributed by atoms with van der Waals surface area (Å²) in [6.07, 6.45) is 9.77. The van der Waals surface area contributed by atoms with Crippen LogP contribution in [0.15, 0.2) is 89.0 Å². The molecule has 0 fully saturated rings. The van der Waals surface area contributed by atoms with E-state index in [2.05, 4.69) is 64.8 Å². The summed E-state index contributed by atoms with van der Waals surface area (Å²) in [7, 11) is 0. The van der Waals surface area contributed by atoms with Crippen molar-refractivity contribution in [1.29, 1.82) is 0 Å². The van der Waals surface area contributed by atoms with Gasteiger partial charge in [0, 0.05) is 22.0 Å². The van der Waals surface area contributed by atoms with E-state index in [9.17, 15) is 0 Å². The topological polar surface area (TPSA) is 43.3 Å². The second kappa shape index (κ2) is 13.2. The zero-order valence-corrected chi connectivity index (χ0v) is 24.2. The van der Waals surface area contributed by atoms with E-state index in [0.717, 1.165) is 63.6 Å². The van der Waals surface area contributed by atoms with Gasteiger partial charge in [0.15, 0.2) is 0 Å². The van der Waals surface area contributed by atoms with E-state index in [1.54, 1.807) is 6.08 Å². The monoisotopic (exact) mass is 588 g/mol. The van der Waals surface area contributed by atoms with Crippen LogP contribution >= 0.6 is 15.9 Å². The van der Waals surface area contributed by atoms with Gasteiger partial charge in [-0.05, 0) is 78.7 Å². The number of hydrogen-bond donors (Lipinski definition) is 0. The molecule has 2 atom stereocenters. The maximum atomic E-state index is 6.55. The van der Waals surface area contributed by atoms with Crippen LogP contribution in [-0.2, 0) is 0 Å². The zero-order valence-electron chi connectivity index (χ0n) is 22.7. The third-order valence-corrected chi connectivity index (χ3v) is 7.73. The van der Waals surface area contributed by atoms with Gasteiger partial charge in [0.2, 0.25) is 6.23 Å². The minimum absolute atomic E-state index is 0.0894. The van der Waals surface area contributed by atoms with Gasteiger partial charge in [-0.2, -0.15) is 5.10 Å². The first-order valence-corrected chi connectivity index (χ1v) is 14.8. The average molecular weight is 590 g/mol. The fourth-order valence-electron chi connectivity index (χ4n) is 5.15. The lowest BCUT2D eigenvalue weighted by molar-refractivity contribution is -0.0191. The van der Waals surface area contributed by atoms with Crippen LogP contribution in [0.4, 0.5) is 0 Å². The number of rotatable bonds is 13. The quantitative estimate of drug-likeness (QED) is 0.147. The van der Waals surface area contributed by atoms with Crippen LogP contribution in [0, 0.1) is 0 Å². The van der Waals surface area contributed by atoms with Gasteiger partial charge in [-0.25, -0.2) is 5.01 Å². The van der Waals surface area contributed by atoms with E-state index < -0.39 is 0 Å². The van der Waals surface area contributed by atoms with Crippen LogP contribution in [0.3, 0.4) is 0 Å². The van der Waals surface area contributed by atoms with E-state index in [-0.39, 0.29) is 12.3 Å². The molecule has 3 aromatic carbocycles. The number of hydrazone groups is 1. The van der Waals surface area contributed by atoms with Crippen molar-refractivity contribution in [1.82, 2.24) is 5.01 Å². The Bertz CT molecular complexity index is 1270. The summed E-state index contributed by atoms with van der Waals surface area (Å²) in [6.45, 7) is 7.21. The molecule has 5 rings (SSSR count). The molecule has 5 nitrogen and oxygen atoms in total. The molecule has 2 heterocycles. The van der Waals surface area contributed by atoms with E-state index >= 15 is 0 Å². The van der Waals surface area contributed by atoms with Gasteiger partial charge >= 0.3 is 0 Å². The molecule has 0 bridgehead atoms. The largest absolute Gasteiger partial charge is 0.494 e. The van der Waals surface area contributed by atoms with E-state index in [1.807, 2.05) is 36.4 Å². The summed E-state index contributed by atoms with van der Waals surface area (Å²) in [5, 5.41) is 7.20. The first-order valence-electron chi connectivity index (χ1n) is 14.0. The first-order chi connectivity index (χ1) is 19.2. The summed E-state index contributed by atoms with van der Waals surface area (Å²) in [4.78, 5) is 0. The third kappa shape index (κ3) is 6.67. The van der Waals surface area contributed by atoms with Crippen LogP contribution in [-0.4, -0.2) is 23.9 Å². The summed E-state index contributed by atoms with van der Waals surface area (Å²) >= 11 is 3.64. The van der Waals surface area contributed by atoms with Crippen molar-refractivity contribution in [3.8, 4) is 17.2 Å². The van der Waals surface area contributed by atoms with Gasteiger partial charge in [0.1, 0.15) is 23.9 Å². The molecule has 0 spiro atoms. The molecule has 2 aliphatic rings. The second-order valence-electron chi connectivity index (χ2n) is 10.1. The number of nitrogens with zero attached hydrogens (tertiary/aromatic N) is 2. The normalized spacial score (nSPS) is 17.6. The summed E-state index contributed by atoms with van der Waals surface area (Å²) in [6, 6.07) is 22.7. The lowest BCUT2D eigenvalue weighted by Crippen LogP contribution is -2.33. The van der Waals surface area contributed by atoms with Crippen molar-refractivity contribution in [2.75, 3.05) is 13.2 Å². The van der Waals surface area contributed by atoms with Crippen molar-refractivity contribution in [2.24, 2.45) is 5.10 Å². The number of halogens is 1. The van der Waals surface area contributed by atoms with Crippen molar-refractivity contribution in [3.05, 3.63) is 101 Å². The predicted octanol–water partition coefficient (Wildman–Crippen LogP) is 9.00. The van der Waals surface area contributed by atoms with Gasteiger partial charge in [-0.1, -0.05) is 67.6 Å². The Morgan fingerprint density at radius 2 is 1.67 bits per heavy atom. The Hall–Kier alpha value is -3.25. The molecule has 39 heavy (non-hydrogen) atoms. The molecule has 0 amide bonds. The summed E-state index contributed by atoms with van der Waals surface area (Å²) in [5.41, 5.74) is 4.32. The Labute approximate surface area is 240 Å². The van der Waals surface area contributed by atoms with E-state index in [1.165, 1.54) is 32.1 Å². The minimum atomic E-state index is -0.316. The smallest absolute Gasteiger partial charge is 0.213 e. The lowest BCUT2D eigenvalue weighted by Gasteiger charge is -2.38. The molecule has 0 saturated carbocycles. The van der Waals surface area contributed by atoms with Gasteiger partial charge in [0.05, 0.1) is 18.4 Å². The third-order valence-electron chi connectivity index (χ3n) is 7.24. The van der Waals surface area contributed by atoms with Crippen LogP contribution in [0.2, 0.25) is 0 Å². The van der Waals surface area contributed by atoms with Crippen LogP contribution in [0.25, 0.3) is 0 Å². The molecule has 0 N–H and O–H groups in total. The first kappa shape index (κ1) is 27.3. The molecule has 0 aliphatic carbocycles. The fraction of sp³-hybridized carbons (Fsp3) is 0.364. The molecule has 204 valence electrons. The van der Waals surface area contributed by atoms with Crippen molar-refractivity contribution >= 4 is 21.6 Å². The van der Waals surface area contributed by atoms with Gasteiger partial charge in [-0.3, -0.25) is 0 Å². The van der Waals surface area contributed by atoms with Crippen LogP contribution in [0.1, 0.15) is 80.8 Å².